The zero-order chi connectivity index (χ0) is 13.2. The van der Waals surface area contributed by atoms with Crippen molar-refractivity contribution < 1.29 is 0 Å². The lowest BCUT2D eigenvalue weighted by Gasteiger charge is -2.07. The molecule has 96 valence electrons. The van der Waals surface area contributed by atoms with Gasteiger partial charge in [-0.2, -0.15) is 0 Å². The summed E-state index contributed by atoms with van der Waals surface area (Å²) in [6.45, 7) is 0.766. The average molecular weight is 336 g/mol. The van der Waals surface area contributed by atoms with Crippen molar-refractivity contribution in [1.82, 2.24) is 4.98 Å². The van der Waals surface area contributed by atoms with Crippen LogP contribution in [0.15, 0.2) is 53.1 Å². The minimum Gasteiger partial charge on any atom is -0.381 e. The van der Waals surface area contributed by atoms with E-state index >= 15 is 0 Å². The first-order valence-corrected chi connectivity index (χ1v) is 7.15. The Hall–Kier alpha value is -1.45. The molecule has 0 aliphatic rings. The van der Waals surface area contributed by atoms with Gasteiger partial charge in [-0.05, 0) is 45.8 Å². The van der Waals surface area contributed by atoms with E-state index in [4.69, 9.17) is 11.6 Å². The molecule has 1 heterocycles. The monoisotopic (exact) mass is 334 g/mol. The van der Waals surface area contributed by atoms with Crippen molar-refractivity contribution in [2.75, 3.05) is 5.32 Å². The summed E-state index contributed by atoms with van der Waals surface area (Å²) in [5.74, 6) is 0. The van der Waals surface area contributed by atoms with Crippen molar-refractivity contribution in [2.24, 2.45) is 0 Å². The van der Waals surface area contributed by atoms with Gasteiger partial charge in [-0.3, -0.25) is 0 Å². The van der Waals surface area contributed by atoms with Gasteiger partial charge < -0.3 is 10.3 Å². The number of aromatic nitrogens is 1. The van der Waals surface area contributed by atoms with Crippen molar-refractivity contribution in [3.63, 3.8) is 0 Å². The molecule has 0 bridgehead atoms. The van der Waals surface area contributed by atoms with E-state index in [-0.39, 0.29) is 0 Å². The second kappa shape index (κ2) is 5.27. The molecular formula is C15H12BrClN2. The van der Waals surface area contributed by atoms with Crippen LogP contribution in [0.1, 0.15) is 5.56 Å². The highest BCUT2D eigenvalue weighted by molar-refractivity contribution is 9.10. The van der Waals surface area contributed by atoms with Crippen LogP contribution in [0, 0.1) is 0 Å². The molecule has 2 nitrogen and oxygen atoms in total. The zero-order valence-corrected chi connectivity index (χ0v) is 12.4. The molecule has 19 heavy (non-hydrogen) atoms. The summed E-state index contributed by atoms with van der Waals surface area (Å²) in [6, 6.07) is 14.2. The van der Waals surface area contributed by atoms with Gasteiger partial charge in [-0.15, -0.1) is 0 Å². The molecule has 0 saturated heterocycles. The van der Waals surface area contributed by atoms with Crippen molar-refractivity contribution in [2.45, 2.75) is 6.54 Å². The van der Waals surface area contributed by atoms with Crippen LogP contribution in [0.5, 0.6) is 0 Å². The molecule has 3 aromatic rings. The number of para-hydroxylation sites is 1. The van der Waals surface area contributed by atoms with E-state index in [2.05, 4.69) is 44.4 Å². The maximum atomic E-state index is 6.08. The Morgan fingerprint density at radius 2 is 2.00 bits per heavy atom. The van der Waals surface area contributed by atoms with Gasteiger partial charge in [0.15, 0.2) is 0 Å². The van der Waals surface area contributed by atoms with Gasteiger partial charge in [-0.25, -0.2) is 0 Å². The molecule has 0 unspecified atom stereocenters. The van der Waals surface area contributed by atoms with Crippen molar-refractivity contribution in [3.8, 4) is 0 Å². The van der Waals surface area contributed by atoms with Crippen LogP contribution in [-0.4, -0.2) is 4.98 Å². The van der Waals surface area contributed by atoms with E-state index in [0.29, 0.717) is 5.02 Å². The normalized spacial score (nSPS) is 10.8. The van der Waals surface area contributed by atoms with Crippen molar-refractivity contribution in [1.29, 1.82) is 0 Å². The fourth-order valence-electron chi connectivity index (χ4n) is 2.08. The molecule has 0 fully saturated rings. The third-order valence-corrected chi connectivity index (χ3v) is 4.31. The summed E-state index contributed by atoms with van der Waals surface area (Å²) in [5.41, 5.74) is 3.42. The predicted molar refractivity (Wildman–Crippen MR) is 84.8 cm³/mol. The maximum Gasteiger partial charge on any atom is 0.0568 e. The number of hydrogen-bond acceptors (Lipinski definition) is 1. The topological polar surface area (TPSA) is 27.8 Å². The predicted octanol–water partition coefficient (Wildman–Crippen LogP) is 5.20. The third kappa shape index (κ3) is 2.62. The first kappa shape index (κ1) is 12.6. The highest BCUT2D eigenvalue weighted by Gasteiger charge is 2.03. The van der Waals surface area contributed by atoms with Gasteiger partial charge in [0.1, 0.15) is 0 Å². The van der Waals surface area contributed by atoms with E-state index in [1.807, 2.05) is 30.5 Å². The molecular weight excluding hydrogens is 324 g/mol. The molecule has 0 amide bonds. The van der Waals surface area contributed by atoms with Crippen LogP contribution in [0.3, 0.4) is 0 Å². The van der Waals surface area contributed by atoms with E-state index in [1.165, 1.54) is 10.9 Å². The summed E-state index contributed by atoms with van der Waals surface area (Å²) in [7, 11) is 0. The Kier molecular flexibility index (Phi) is 3.49. The van der Waals surface area contributed by atoms with E-state index in [9.17, 15) is 0 Å². The number of nitrogens with one attached hydrogen (secondary N) is 2. The molecule has 0 radical (unpaired) electrons. The number of hydrogen-bond donors (Lipinski definition) is 2. The largest absolute Gasteiger partial charge is 0.381 e. The zero-order valence-electron chi connectivity index (χ0n) is 10.1. The number of benzene rings is 2. The number of fused-ring (bicyclic) bond motifs is 1. The molecule has 0 saturated carbocycles. The Morgan fingerprint density at radius 3 is 2.84 bits per heavy atom. The fraction of sp³-hybridized carbons (Fsp3) is 0.0667. The van der Waals surface area contributed by atoms with E-state index in [0.717, 1.165) is 22.2 Å². The SMILES string of the molecule is Clc1cc(NCc2c[nH]c3ccccc23)ccc1Br. The van der Waals surface area contributed by atoms with Gasteiger partial charge in [0.05, 0.1) is 5.02 Å². The smallest absolute Gasteiger partial charge is 0.0568 e. The highest BCUT2D eigenvalue weighted by Crippen LogP contribution is 2.26. The van der Waals surface area contributed by atoms with Gasteiger partial charge >= 0.3 is 0 Å². The van der Waals surface area contributed by atoms with Crippen LogP contribution >= 0.6 is 27.5 Å². The molecule has 2 N–H and O–H groups in total. The van der Waals surface area contributed by atoms with E-state index in [1.54, 1.807) is 0 Å². The Bertz CT molecular complexity index is 721. The highest BCUT2D eigenvalue weighted by atomic mass is 79.9. The summed E-state index contributed by atoms with van der Waals surface area (Å²) in [6.07, 6.45) is 2.04. The van der Waals surface area contributed by atoms with Crippen LogP contribution < -0.4 is 5.32 Å². The lowest BCUT2D eigenvalue weighted by molar-refractivity contribution is 1.16. The number of halogens is 2. The molecule has 1 aromatic heterocycles. The first-order chi connectivity index (χ1) is 9.24. The standard InChI is InChI=1S/C15H12BrClN2/c16-13-6-5-11(7-14(13)17)18-8-10-9-19-15-4-2-1-3-12(10)15/h1-7,9,18-19H,8H2. The van der Waals surface area contributed by atoms with Gasteiger partial charge in [0.2, 0.25) is 0 Å². The number of aromatic amines is 1. The third-order valence-electron chi connectivity index (χ3n) is 3.08. The first-order valence-electron chi connectivity index (χ1n) is 5.98. The van der Waals surface area contributed by atoms with Gasteiger partial charge in [-0.1, -0.05) is 29.8 Å². The average Bonchev–Trinajstić information content (AvgIpc) is 2.83. The molecule has 0 aliphatic heterocycles. The fourth-order valence-corrected chi connectivity index (χ4v) is 2.51. The Balaban J connectivity index is 1.80. The Labute approximate surface area is 124 Å². The van der Waals surface area contributed by atoms with Crippen molar-refractivity contribution >= 4 is 44.1 Å². The minimum absolute atomic E-state index is 0.712. The molecule has 3 rings (SSSR count). The van der Waals surface area contributed by atoms with Crippen LogP contribution in [-0.2, 0) is 6.54 Å². The summed E-state index contributed by atoms with van der Waals surface area (Å²) < 4.78 is 0.909. The lowest BCUT2D eigenvalue weighted by Crippen LogP contribution is -1.98. The minimum atomic E-state index is 0.712. The second-order valence-electron chi connectivity index (χ2n) is 4.34. The number of rotatable bonds is 3. The van der Waals surface area contributed by atoms with Crippen molar-refractivity contribution in [3.05, 3.63) is 63.7 Å². The maximum absolute atomic E-state index is 6.08. The molecule has 4 heteroatoms. The van der Waals surface area contributed by atoms with Gasteiger partial charge in [0, 0.05) is 33.8 Å². The summed E-state index contributed by atoms with van der Waals surface area (Å²) >= 11 is 9.46. The summed E-state index contributed by atoms with van der Waals surface area (Å²) in [4.78, 5) is 3.27. The van der Waals surface area contributed by atoms with E-state index < -0.39 is 0 Å². The summed E-state index contributed by atoms with van der Waals surface area (Å²) in [5, 5.41) is 5.34. The van der Waals surface area contributed by atoms with Crippen LogP contribution in [0.2, 0.25) is 5.02 Å². The molecule has 0 spiro atoms. The number of anilines is 1. The lowest BCUT2D eigenvalue weighted by atomic mass is 10.2. The molecule has 0 atom stereocenters. The molecule has 0 aliphatic carbocycles. The Morgan fingerprint density at radius 1 is 1.16 bits per heavy atom. The quantitative estimate of drug-likeness (QED) is 0.677. The van der Waals surface area contributed by atoms with Crippen LogP contribution in [0.25, 0.3) is 10.9 Å². The van der Waals surface area contributed by atoms with Crippen LogP contribution in [0.4, 0.5) is 5.69 Å². The van der Waals surface area contributed by atoms with Gasteiger partial charge in [0.25, 0.3) is 0 Å². The molecule has 2 aromatic carbocycles. The number of H-pyrrole nitrogens is 1. The second-order valence-corrected chi connectivity index (χ2v) is 5.60.